The van der Waals surface area contributed by atoms with E-state index in [0.717, 1.165) is 89.9 Å². The second kappa shape index (κ2) is 35.5. The van der Waals surface area contributed by atoms with Gasteiger partial charge in [-0.3, -0.25) is 0 Å². The fourth-order valence-corrected chi connectivity index (χ4v) is 17.6. The van der Waals surface area contributed by atoms with Gasteiger partial charge in [-0.05, 0) is 0 Å². The van der Waals surface area contributed by atoms with Crippen LogP contribution in [0.25, 0.3) is 0 Å². The number of rotatable bonds is 40. The topological polar surface area (TPSA) is 93.1 Å². The number of unbranched alkanes of at least 4 members (excludes halogenated alkanes) is 24. The van der Waals surface area contributed by atoms with Crippen LogP contribution in [0.2, 0.25) is 8.87 Å². The van der Waals surface area contributed by atoms with Crippen LogP contribution in [0, 0.1) is 0 Å². The summed E-state index contributed by atoms with van der Waals surface area (Å²) >= 11 is 4.29. The van der Waals surface area contributed by atoms with Crippen LogP contribution in [0.1, 0.15) is 233 Å². The minimum Gasteiger partial charge on any atom is -0.0654 e. The predicted molar refractivity (Wildman–Crippen MR) is 236 cm³/mol. The smallest absolute Gasteiger partial charge is 0.0654 e. The molecule has 2 atom stereocenters. The third kappa shape index (κ3) is 26.8. The Balaban J connectivity index is 6.16. The number of carbonyl (C=O) groups is 2. The van der Waals surface area contributed by atoms with Gasteiger partial charge in [0.05, 0.1) is 0 Å². The van der Waals surface area contributed by atoms with Crippen LogP contribution < -0.4 is 0 Å². The van der Waals surface area contributed by atoms with Crippen LogP contribution in [0.15, 0.2) is 0 Å². The molecule has 2 N–H and O–H groups in total. The van der Waals surface area contributed by atoms with Crippen molar-refractivity contribution in [3.63, 3.8) is 0 Å². The first kappa shape index (κ1) is 53.4. The normalized spacial score (nSPS) is 14.2. The van der Waals surface area contributed by atoms with Crippen LogP contribution in [0.5, 0.6) is 0 Å². The molecule has 0 radical (unpaired) electrons. The van der Waals surface area contributed by atoms with E-state index >= 15 is 0 Å². The monoisotopic (exact) mass is 897 g/mol. The zero-order valence-corrected chi connectivity index (χ0v) is 40.0. The Morgan fingerprint density at radius 2 is 0.660 bits per heavy atom. The van der Waals surface area contributed by atoms with Crippen molar-refractivity contribution in [1.29, 1.82) is 0 Å². The molecule has 0 saturated heterocycles. The van der Waals surface area contributed by atoms with Gasteiger partial charge in [0, 0.05) is 0 Å². The molecular weight excluding hydrogens is 807 g/mol. The molecule has 0 bridgehead atoms. The Hall–Kier alpha value is 0.359. The van der Waals surface area contributed by atoms with Gasteiger partial charge in [-0.25, -0.2) is 0 Å². The summed E-state index contributed by atoms with van der Waals surface area (Å²) < 4.78 is 14.3. The molecule has 0 saturated carbocycles. The maximum atomic E-state index is 14.2. The van der Waals surface area contributed by atoms with Crippen molar-refractivity contribution < 1.29 is 26.0 Å². The number of thiol groups is 2. The molecule has 0 aliphatic heterocycles. The molecule has 0 aliphatic carbocycles. The van der Waals surface area contributed by atoms with Gasteiger partial charge in [-0.15, -0.1) is 0 Å². The average Bonchev–Trinajstić information content (AvgIpc) is 3.13. The van der Waals surface area contributed by atoms with Gasteiger partial charge in [0.2, 0.25) is 0 Å². The molecule has 0 rings (SSSR count). The van der Waals surface area contributed by atoms with Crippen molar-refractivity contribution in [3.8, 4) is 0 Å². The molecule has 0 fully saturated rings. The average molecular weight is 896 g/mol. The van der Waals surface area contributed by atoms with Gasteiger partial charge < -0.3 is 0 Å². The van der Waals surface area contributed by atoms with Crippen molar-refractivity contribution in [2.75, 3.05) is 11.5 Å². The molecule has 9 heteroatoms. The Kier molecular flexibility index (Phi) is 35.8. The van der Waals surface area contributed by atoms with Crippen LogP contribution in [-0.2, 0) is 15.7 Å². The molecule has 316 valence electrons. The van der Waals surface area contributed by atoms with Gasteiger partial charge >= 0.3 is 333 Å². The van der Waals surface area contributed by atoms with Crippen molar-refractivity contribution in [2.24, 2.45) is 0 Å². The van der Waals surface area contributed by atoms with E-state index in [0.29, 0.717) is 33.2 Å². The second-order valence-electron chi connectivity index (χ2n) is 16.2. The summed E-state index contributed by atoms with van der Waals surface area (Å²) in [5.41, 5.74) is -3.31. The first-order valence-corrected chi connectivity index (χ1v) is 30.4. The third-order valence-electron chi connectivity index (χ3n) is 11.1. The van der Waals surface area contributed by atoms with Gasteiger partial charge in [0.15, 0.2) is 0 Å². The first-order chi connectivity index (χ1) is 25.6. The standard InChI is InChI=1S/2C14H28O3S.2C8H17.Sn/c2*1-2-3-4-5-6-7-8-9-10-14(17,11-12-18)13(15)16;2*1-3-5-7-8-6-4-2;/h2*17-18H,2-12H2,1H3,(H,15,16);2*1,3-8H2,2H3;/q;;;;+2/p-2. The molecule has 53 heavy (non-hydrogen) atoms. The number of carbonyl (C=O) groups excluding carboxylic acids is 2. The Bertz CT molecular complexity index is 796. The van der Waals surface area contributed by atoms with E-state index in [1.54, 1.807) is 0 Å². The van der Waals surface area contributed by atoms with E-state index in [4.69, 9.17) is 6.15 Å². The zero-order chi connectivity index (χ0) is 39.5. The Morgan fingerprint density at radius 1 is 0.415 bits per heavy atom. The SMILES string of the molecule is CCCCCCCCCCC(O)(CCS)C(=O)[O][Sn]([CH2]CCCCCCC)([CH2]CCCCCCC)[O]C(=O)C(O)(CCS)CCCCCCCCCC. The van der Waals surface area contributed by atoms with Crippen LogP contribution in [0.3, 0.4) is 0 Å². The van der Waals surface area contributed by atoms with Crippen LogP contribution in [-0.4, -0.2) is 64.1 Å². The van der Waals surface area contributed by atoms with E-state index in [9.17, 15) is 19.8 Å². The number of aliphatic hydroxyl groups is 2. The van der Waals surface area contributed by atoms with Crippen molar-refractivity contribution >= 4 is 56.4 Å². The van der Waals surface area contributed by atoms with Gasteiger partial charge in [0.25, 0.3) is 0 Å². The van der Waals surface area contributed by atoms with E-state index in [1.165, 1.54) is 89.9 Å². The summed E-state index contributed by atoms with van der Waals surface area (Å²) in [7, 11) is 0. The molecule has 0 aromatic heterocycles. The predicted octanol–water partition coefficient (Wildman–Crippen LogP) is 13.4. The summed E-state index contributed by atoms with van der Waals surface area (Å²) in [5.74, 6) is -0.535. The maximum absolute atomic E-state index is 14.2. The van der Waals surface area contributed by atoms with Gasteiger partial charge in [-0.2, -0.15) is 0 Å². The molecule has 6 nitrogen and oxygen atoms in total. The molecular formula is C44H88O6S2Sn. The summed E-state index contributed by atoms with van der Waals surface area (Å²) in [5, 5.41) is 23.8. The molecule has 0 aromatic carbocycles. The summed E-state index contributed by atoms with van der Waals surface area (Å²) in [6.45, 7) is 8.87. The van der Waals surface area contributed by atoms with Crippen LogP contribution in [0.4, 0.5) is 0 Å². The van der Waals surface area contributed by atoms with Crippen LogP contribution >= 0.6 is 25.3 Å². The molecule has 0 aromatic rings. The van der Waals surface area contributed by atoms with E-state index in [1.807, 2.05) is 0 Å². The van der Waals surface area contributed by atoms with E-state index < -0.39 is 42.3 Å². The fourth-order valence-electron chi connectivity index (χ4n) is 7.36. The van der Waals surface area contributed by atoms with E-state index in [2.05, 4.69) is 53.0 Å². The Labute approximate surface area is 345 Å². The molecule has 0 aliphatic rings. The summed E-state index contributed by atoms with van der Waals surface area (Å²) in [4.78, 5) is 28.5. The summed E-state index contributed by atoms with van der Waals surface area (Å²) in [6.07, 6.45) is 31.9. The quantitative estimate of drug-likeness (QED) is 0.0278. The molecule has 2 unspecified atom stereocenters. The molecule has 0 heterocycles. The van der Waals surface area contributed by atoms with Crippen molar-refractivity contribution in [1.82, 2.24) is 0 Å². The van der Waals surface area contributed by atoms with Gasteiger partial charge in [0.1, 0.15) is 0 Å². The fraction of sp³-hybridized carbons (Fsp3) is 0.955. The molecule has 0 spiro atoms. The Morgan fingerprint density at radius 3 is 0.925 bits per heavy atom. The minimum atomic E-state index is -4.58. The third-order valence-corrected chi connectivity index (χ3v) is 21.1. The zero-order valence-electron chi connectivity index (χ0n) is 35.4. The second-order valence-corrected chi connectivity index (χ2v) is 26.3. The molecule has 0 amide bonds. The van der Waals surface area contributed by atoms with Crippen molar-refractivity contribution in [2.45, 2.75) is 253 Å². The van der Waals surface area contributed by atoms with Gasteiger partial charge in [-0.1, -0.05) is 13.8 Å². The first-order valence-electron chi connectivity index (χ1n) is 22.8. The summed E-state index contributed by atoms with van der Waals surface area (Å²) in [6, 6.07) is 0. The number of hydrogen-bond acceptors (Lipinski definition) is 8. The number of hydrogen-bond donors (Lipinski definition) is 4. The minimum absolute atomic E-state index is 0.206. The van der Waals surface area contributed by atoms with Crippen molar-refractivity contribution in [3.05, 3.63) is 0 Å². The van der Waals surface area contributed by atoms with E-state index in [-0.39, 0.29) is 12.8 Å².